The second-order valence-corrected chi connectivity index (χ2v) is 20.4. The highest BCUT2D eigenvalue weighted by Gasteiger charge is 2.27. The fraction of sp³-hybridized carbons (Fsp3) is 0.0267. The number of hydrogen-bond acceptors (Lipinski definition) is 1. The molecule has 0 amide bonds. The van der Waals surface area contributed by atoms with Crippen LogP contribution in [0.15, 0.2) is 250 Å². The predicted octanol–water partition coefficient (Wildman–Crippen LogP) is 20.1. The van der Waals surface area contributed by atoms with Gasteiger partial charge in [-0.1, -0.05) is 214 Å². The molecule has 0 saturated carbocycles. The summed E-state index contributed by atoms with van der Waals surface area (Å²) in [6, 6.07) is 74.5. The van der Waals surface area contributed by atoms with Crippen LogP contribution >= 0.6 is 0 Å². The lowest BCUT2D eigenvalue weighted by atomic mass is 9.86. The summed E-state index contributed by atoms with van der Waals surface area (Å²) in [5, 5.41) is 12.6. The van der Waals surface area contributed by atoms with E-state index in [1.165, 1.54) is 21.5 Å². The van der Waals surface area contributed by atoms with Crippen molar-refractivity contribution in [1.82, 2.24) is 13.7 Å². The summed E-state index contributed by atoms with van der Waals surface area (Å²) in [6.45, 7) is 15.0. The molecule has 0 N–H and O–H groups in total. The number of aryl methyl sites for hydroxylation is 1. The normalized spacial score (nSPS) is 12.2. The third kappa shape index (κ3) is 7.05. The van der Waals surface area contributed by atoms with Crippen LogP contribution in [0.25, 0.3) is 149 Å². The lowest BCUT2D eigenvalue weighted by molar-refractivity contribution is 0.112. The molecule has 3 aromatic heterocycles. The van der Waals surface area contributed by atoms with Crippen molar-refractivity contribution in [2.45, 2.75) is 6.92 Å². The average Bonchev–Trinajstić information content (AvgIpc) is 3.62. The number of aromatic nitrogens is 3. The first-order valence-electron chi connectivity index (χ1n) is 26.9. The first kappa shape index (κ1) is 47.2. The monoisotopic (exact) mass is 1010 g/mol. The molecule has 0 aliphatic rings. The van der Waals surface area contributed by atoms with Crippen molar-refractivity contribution in [3.05, 3.63) is 273 Å². The van der Waals surface area contributed by atoms with Gasteiger partial charge >= 0.3 is 0 Å². The van der Waals surface area contributed by atoms with E-state index in [1.807, 2.05) is 42.5 Å². The third-order valence-corrected chi connectivity index (χ3v) is 16.3. The minimum atomic E-state index is 0.618. The summed E-state index contributed by atoms with van der Waals surface area (Å²) in [6.07, 6.45) is 13.1. The van der Waals surface area contributed by atoms with Crippen LogP contribution < -0.4 is 0 Å². The van der Waals surface area contributed by atoms with E-state index in [2.05, 4.69) is 248 Å². The van der Waals surface area contributed by atoms with Crippen molar-refractivity contribution < 1.29 is 4.79 Å². The maximum atomic E-state index is 13.3. The molecule has 0 bridgehead atoms. The van der Waals surface area contributed by atoms with Gasteiger partial charge in [-0.3, -0.25) is 4.79 Å². The van der Waals surface area contributed by atoms with Crippen LogP contribution in [0.2, 0.25) is 0 Å². The zero-order valence-electron chi connectivity index (χ0n) is 44.0. The van der Waals surface area contributed by atoms with Crippen LogP contribution in [0.1, 0.15) is 34.1 Å². The van der Waals surface area contributed by atoms with E-state index in [4.69, 9.17) is 0 Å². The van der Waals surface area contributed by atoms with Gasteiger partial charge in [0.15, 0.2) is 6.29 Å². The predicted molar refractivity (Wildman–Crippen MR) is 339 cm³/mol. The van der Waals surface area contributed by atoms with Crippen LogP contribution in [0.3, 0.4) is 0 Å². The Morgan fingerprint density at radius 2 is 1.10 bits per heavy atom. The lowest BCUT2D eigenvalue weighted by Gasteiger charge is -2.20. The van der Waals surface area contributed by atoms with E-state index >= 15 is 0 Å². The van der Waals surface area contributed by atoms with Gasteiger partial charge in [-0.2, -0.15) is 0 Å². The fourth-order valence-electron chi connectivity index (χ4n) is 13.1. The van der Waals surface area contributed by atoms with Crippen molar-refractivity contribution >= 4 is 111 Å². The SMILES string of the molecule is C=C/C=C(\C=C)c1ccc(-c2ccccc2)c2c3cc(-c4cc(-n5c(/C=C\C)c(C=C)c6ccc7c8ccccc8n(-c8ccccc8)c7c65)cc5c6ccccc6c6ccccc6c45)cc(-c4ccccc4C=O)c3n(C)c12. The van der Waals surface area contributed by atoms with Gasteiger partial charge in [-0.15, -0.1) is 0 Å². The smallest absolute Gasteiger partial charge is 0.150 e. The number of para-hydroxylation sites is 2. The van der Waals surface area contributed by atoms with Crippen LogP contribution in [0, 0.1) is 0 Å². The number of benzene rings is 11. The van der Waals surface area contributed by atoms with Gasteiger partial charge in [0.25, 0.3) is 0 Å². The van der Waals surface area contributed by atoms with Gasteiger partial charge in [-0.25, -0.2) is 0 Å². The molecule has 14 rings (SSSR count). The van der Waals surface area contributed by atoms with E-state index in [1.54, 1.807) is 0 Å². The summed E-state index contributed by atoms with van der Waals surface area (Å²) >= 11 is 0. The summed E-state index contributed by atoms with van der Waals surface area (Å²) < 4.78 is 7.25. The molecule has 0 saturated heterocycles. The summed E-state index contributed by atoms with van der Waals surface area (Å²) in [5.41, 5.74) is 18.4. The van der Waals surface area contributed by atoms with Crippen LogP contribution in [-0.2, 0) is 7.05 Å². The zero-order valence-corrected chi connectivity index (χ0v) is 44.0. The second kappa shape index (κ2) is 18.8. The number of hydrogen-bond donors (Lipinski definition) is 0. The molecule has 4 heteroatoms. The maximum Gasteiger partial charge on any atom is 0.150 e. The summed E-state index contributed by atoms with van der Waals surface area (Å²) in [7, 11) is 2.16. The Morgan fingerprint density at radius 3 is 1.82 bits per heavy atom. The van der Waals surface area contributed by atoms with Gasteiger partial charge in [0.2, 0.25) is 0 Å². The van der Waals surface area contributed by atoms with E-state index in [0.717, 1.165) is 139 Å². The molecule has 79 heavy (non-hydrogen) atoms. The molecule has 14 aromatic rings. The Morgan fingerprint density at radius 1 is 0.456 bits per heavy atom. The first-order chi connectivity index (χ1) is 39.0. The molecule has 11 aromatic carbocycles. The highest BCUT2D eigenvalue weighted by atomic mass is 16.1. The maximum absolute atomic E-state index is 13.3. The quantitative estimate of drug-likeness (QED) is 0.0722. The molecule has 3 heterocycles. The summed E-state index contributed by atoms with van der Waals surface area (Å²) in [5.74, 6) is 0. The number of fused-ring (bicyclic) bond motifs is 14. The molecule has 0 aliphatic heterocycles. The van der Waals surface area contributed by atoms with Crippen LogP contribution in [0.5, 0.6) is 0 Å². The third-order valence-electron chi connectivity index (χ3n) is 16.3. The number of aldehydes is 1. The van der Waals surface area contributed by atoms with Crippen molar-refractivity contribution in [3.63, 3.8) is 0 Å². The Hall–Kier alpha value is -10.3. The molecular weight excluding hydrogens is 959 g/mol. The van der Waals surface area contributed by atoms with Crippen LogP contribution in [0.4, 0.5) is 0 Å². The van der Waals surface area contributed by atoms with E-state index in [0.29, 0.717) is 5.56 Å². The van der Waals surface area contributed by atoms with E-state index in [9.17, 15) is 4.79 Å². The average molecular weight is 1010 g/mol. The minimum Gasteiger partial charge on any atom is -0.343 e. The molecule has 374 valence electrons. The highest BCUT2D eigenvalue weighted by molar-refractivity contribution is 6.30. The van der Waals surface area contributed by atoms with Crippen LogP contribution in [-0.4, -0.2) is 20.0 Å². The van der Waals surface area contributed by atoms with Gasteiger partial charge in [-0.05, 0) is 121 Å². The highest BCUT2D eigenvalue weighted by Crippen LogP contribution is 2.50. The van der Waals surface area contributed by atoms with Crippen molar-refractivity contribution in [3.8, 4) is 44.8 Å². The Balaban J connectivity index is 1.22. The number of nitrogens with zero attached hydrogens (tertiary/aromatic N) is 3. The largest absolute Gasteiger partial charge is 0.343 e. The molecule has 4 nitrogen and oxygen atoms in total. The number of allylic oxidation sites excluding steroid dienone is 5. The molecule has 0 aliphatic carbocycles. The van der Waals surface area contributed by atoms with Gasteiger partial charge in [0, 0.05) is 67.6 Å². The van der Waals surface area contributed by atoms with Crippen molar-refractivity contribution in [2.75, 3.05) is 0 Å². The van der Waals surface area contributed by atoms with Gasteiger partial charge in [0.1, 0.15) is 0 Å². The molecule has 0 atom stereocenters. The van der Waals surface area contributed by atoms with E-state index in [-0.39, 0.29) is 0 Å². The second-order valence-electron chi connectivity index (χ2n) is 20.4. The molecule has 0 radical (unpaired) electrons. The Kier molecular flexibility index (Phi) is 11.2. The fourth-order valence-corrected chi connectivity index (χ4v) is 13.1. The molecule has 0 spiro atoms. The summed E-state index contributed by atoms with van der Waals surface area (Å²) in [4.78, 5) is 13.3. The van der Waals surface area contributed by atoms with Crippen molar-refractivity contribution in [1.29, 1.82) is 0 Å². The first-order valence-corrected chi connectivity index (χ1v) is 26.9. The standard InChI is InChI=1S/C75H53N3O/c1-6-24-47(8-3)56-39-38-55(48-26-12-10-13-27-48)71-67-43-50(42-66(72(67)76(5)73(56)71)54-31-17-16-28-49(54)46-79)64-44-52(45-65-59-34-19-18-32-57(59)58-33-20-21-36-61(58)70(64)65)78-68(25-7-2)53(9-4)62-40-41-63-60-35-22-23-37-69(60)77(75(63)74(62)78)51-29-14-11-15-30-51/h6-46H,1,3-4H2,2,5H3/b25-7-,47-24+. The zero-order chi connectivity index (χ0) is 53.5. The number of rotatable bonds is 11. The van der Waals surface area contributed by atoms with Gasteiger partial charge in [0.05, 0.1) is 33.3 Å². The van der Waals surface area contributed by atoms with Gasteiger partial charge < -0.3 is 13.7 Å². The minimum absolute atomic E-state index is 0.618. The molecular formula is C75H53N3O. The Bertz CT molecular complexity index is 4980. The molecule has 0 unspecified atom stereocenters. The number of carbonyl (C=O) groups excluding carboxylic acids is 1. The molecule has 0 fully saturated rings. The number of carbonyl (C=O) groups is 1. The lowest BCUT2D eigenvalue weighted by Crippen LogP contribution is -2.02. The Labute approximate surface area is 458 Å². The van der Waals surface area contributed by atoms with Crippen molar-refractivity contribution in [2.24, 2.45) is 7.05 Å². The topological polar surface area (TPSA) is 31.9 Å². The van der Waals surface area contributed by atoms with E-state index < -0.39 is 0 Å².